The van der Waals surface area contributed by atoms with Crippen LogP contribution < -0.4 is 10.2 Å². The number of halogens is 1. The highest BCUT2D eigenvalue weighted by molar-refractivity contribution is 5.56. The molecule has 0 aliphatic heterocycles. The van der Waals surface area contributed by atoms with E-state index in [0.717, 1.165) is 24.2 Å². The van der Waals surface area contributed by atoms with Crippen molar-refractivity contribution in [1.82, 2.24) is 5.32 Å². The van der Waals surface area contributed by atoms with Crippen molar-refractivity contribution in [2.45, 2.75) is 33.7 Å². The Bertz CT molecular complexity index is 429. The minimum atomic E-state index is -0.162. The van der Waals surface area contributed by atoms with Crippen molar-refractivity contribution in [3.05, 3.63) is 41.7 Å². The summed E-state index contributed by atoms with van der Waals surface area (Å²) in [6, 6.07) is 5.43. The fourth-order valence-corrected chi connectivity index (χ4v) is 2.31. The highest BCUT2D eigenvalue weighted by Crippen LogP contribution is 2.29. The van der Waals surface area contributed by atoms with Gasteiger partial charge in [-0.25, -0.2) is 4.39 Å². The Hall–Kier alpha value is -1.35. The van der Waals surface area contributed by atoms with Gasteiger partial charge in [0.2, 0.25) is 0 Å². The monoisotopic (exact) mass is 264 g/mol. The maximum Gasteiger partial charge on any atom is 0.146 e. The van der Waals surface area contributed by atoms with Gasteiger partial charge in [0.15, 0.2) is 0 Å². The fourth-order valence-electron chi connectivity index (χ4n) is 2.31. The third-order valence-corrected chi connectivity index (χ3v) is 3.15. The van der Waals surface area contributed by atoms with E-state index in [2.05, 4.69) is 25.7 Å². The second kappa shape index (κ2) is 7.29. The van der Waals surface area contributed by atoms with Crippen molar-refractivity contribution in [2.75, 3.05) is 24.5 Å². The Kier molecular flexibility index (Phi) is 6.03. The van der Waals surface area contributed by atoms with E-state index in [9.17, 15) is 4.39 Å². The van der Waals surface area contributed by atoms with E-state index >= 15 is 0 Å². The van der Waals surface area contributed by atoms with Gasteiger partial charge < -0.3 is 10.2 Å². The molecule has 1 atom stereocenters. The van der Waals surface area contributed by atoms with Crippen LogP contribution in [0.2, 0.25) is 0 Å². The highest BCUT2D eigenvalue weighted by atomic mass is 19.1. The molecule has 106 valence electrons. The Labute approximate surface area is 116 Å². The predicted molar refractivity (Wildman–Crippen MR) is 81.2 cm³/mol. The van der Waals surface area contributed by atoms with E-state index in [4.69, 9.17) is 0 Å². The minimum Gasteiger partial charge on any atom is -0.365 e. The van der Waals surface area contributed by atoms with E-state index in [1.165, 1.54) is 6.07 Å². The average molecular weight is 264 g/mol. The lowest BCUT2D eigenvalue weighted by molar-refractivity contribution is 0.578. The molecular formula is C16H25FN2. The van der Waals surface area contributed by atoms with Crippen molar-refractivity contribution in [3.63, 3.8) is 0 Å². The van der Waals surface area contributed by atoms with Crippen LogP contribution in [0.4, 0.5) is 10.1 Å². The summed E-state index contributed by atoms with van der Waals surface area (Å²) in [6.07, 6.45) is 0. The number of rotatable bonds is 7. The number of likely N-dealkylation sites (N-methyl/N-ethyl adjacent to an activating group) is 1. The summed E-state index contributed by atoms with van der Waals surface area (Å²) >= 11 is 0. The lowest BCUT2D eigenvalue weighted by Gasteiger charge is -2.28. The highest BCUT2D eigenvalue weighted by Gasteiger charge is 2.18. The van der Waals surface area contributed by atoms with E-state index in [1.54, 1.807) is 6.07 Å². The number of para-hydroxylation sites is 1. The van der Waals surface area contributed by atoms with Crippen LogP contribution in [0, 0.1) is 5.82 Å². The molecule has 0 saturated carbocycles. The topological polar surface area (TPSA) is 15.3 Å². The Balaban J connectivity index is 3.18. The third-order valence-electron chi connectivity index (χ3n) is 3.15. The van der Waals surface area contributed by atoms with Crippen molar-refractivity contribution < 1.29 is 4.39 Å². The molecule has 19 heavy (non-hydrogen) atoms. The molecule has 1 aromatic carbocycles. The summed E-state index contributed by atoms with van der Waals surface area (Å²) in [6.45, 7) is 14.4. The molecule has 0 spiro atoms. The molecule has 0 saturated heterocycles. The maximum atomic E-state index is 14.2. The van der Waals surface area contributed by atoms with Gasteiger partial charge in [0.25, 0.3) is 0 Å². The van der Waals surface area contributed by atoms with Crippen LogP contribution in [0.1, 0.15) is 39.3 Å². The Morgan fingerprint density at radius 3 is 2.63 bits per heavy atom. The molecular weight excluding hydrogens is 239 g/mol. The molecule has 1 unspecified atom stereocenters. The first-order chi connectivity index (χ1) is 9.01. The van der Waals surface area contributed by atoms with Crippen LogP contribution >= 0.6 is 0 Å². The van der Waals surface area contributed by atoms with Gasteiger partial charge in [-0.05, 0) is 38.9 Å². The second-order valence-corrected chi connectivity index (χ2v) is 4.93. The zero-order chi connectivity index (χ0) is 14.4. The Morgan fingerprint density at radius 2 is 2.11 bits per heavy atom. The summed E-state index contributed by atoms with van der Waals surface area (Å²) in [5.74, 6) is -0.162. The Morgan fingerprint density at radius 1 is 1.42 bits per heavy atom. The van der Waals surface area contributed by atoms with Crippen molar-refractivity contribution in [2.24, 2.45) is 0 Å². The SMILES string of the molecule is C=C(C)CN(CC)c1c(F)cccc1C(C)NCC. The number of hydrogen-bond acceptors (Lipinski definition) is 2. The van der Waals surface area contributed by atoms with E-state index in [1.807, 2.05) is 24.8 Å². The molecule has 0 aliphatic rings. The van der Waals surface area contributed by atoms with Crippen LogP contribution in [0.5, 0.6) is 0 Å². The molecule has 0 radical (unpaired) electrons. The van der Waals surface area contributed by atoms with E-state index in [0.29, 0.717) is 12.2 Å². The van der Waals surface area contributed by atoms with Crippen LogP contribution in [-0.4, -0.2) is 19.6 Å². The van der Waals surface area contributed by atoms with Gasteiger partial charge in [-0.2, -0.15) is 0 Å². The quantitative estimate of drug-likeness (QED) is 0.751. The summed E-state index contributed by atoms with van der Waals surface area (Å²) in [5, 5.41) is 3.35. The summed E-state index contributed by atoms with van der Waals surface area (Å²) in [7, 11) is 0. The molecule has 0 heterocycles. The molecule has 1 rings (SSSR count). The first-order valence-corrected chi connectivity index (χ1v) is 6.92. The predicted octanol–water partition coefficient (Wildman–Crippen LogP) is 3.90. The van der Waals surface area contributed by atoms with Crippen LogP contribution in [-0.2, 0) is 0 Å². The van der Waals surface area contributed by atoms with E-state index in [-0.39, 0.29) is 11.9 Å². The number of anilines is 1. The summed E-state index contributed by atoms with van der Waals surface area (Å²) in [5.41, 5.74) is 2.73. The second-order valence-electron chi connectivity index (χ2n) is 4.93. The van der Waals surface area contributed by atoms with Gasteiger partial charge in [0.1, 0.15) is 5.82 Å². The van der Waals surface area contributed by atoms with Crippen LogP contribution in [0.25, 0.3) is 0 Å². The number of hydrogen-bond donors (Lipinski definition) is 1. The zero-order valence-electron chi connectivity index (χ0n) is 12.5. The smallest absolute Gasteiger partial charge is 0.146 e. The number of nitrogens with zero attached hydrogens (tertiary/aromatic N) is 1. The minimum absolute atomic E-state index is 0.134. The summed E-state index contributed by atoms with van der Waals surface area (Å²) in [4.78, 5) is 2.04. The first-order valence-electron chi connectivity index (χ1n) is 6.92. The molecule has 3 heteroatoms. The molecule has 1 N–H and O–H groups in total. The largest absolute Gasteiger partial charge is 0.365 e. The maximum absolute atomic E-state index is 14.2. The van der Waals surface area contributed by atoms with Gasteiger partial charge in [-0.15, -0.1) is 0 Å². The fraction of sp³-hybridized carbons (Fsp3) is 0.500. The van der Waals surface area contributed by atoms with Gasteiger partial charge in [0, 0.05) is 19.1 Å². The van der Waals surface area contributed by atoms with Crippen molar-refractivity contribution >= 4 is 5.69 Å². The zero-order valence-corrected chi connectivity index (χ0v) is 12.5. The molecule has 2 nitrogen and oxygen atoms in total. The van der Waals surface area contributed by atoms with Crippen molar-refractivity contribution in [3.8, 4) is 0 Å². The molecule has 0 aromatic heterocycles. The van der Waals surface area contributed by atoms with Gasteiger partial charge in [0.05, 0.1) is 5.69 Å². The normalized spacial score (nSPS) is 12.3. The van der Waals surface area contributed by atoms with Gasteiger partial charge >= 0.3 is 0 Å². The van der Waals surface area contributed by atoms with Gasteiger partial charge in [-0.1, -0.05) is 31.2 Å². The number of nitrogens with one attached hydrogen (secondary N) is 1. The average Bonchev–Trinajstić information content (AvgIpc) is 2.36. The van der Waals surface area contributed by atoms with Gasteiger partial charge in [-0.3, -0.25) is 0 Å². The standard InChI is InChI=1S/C16H25FN2/c1-6-18-13(5)14-9-8-10-15(17)16(14)19(7-2)11-12(3)4/h8-10,13,18H,3,6-7,11H2,1-2,4-5H3. The molecule has 0 aliphatic carbocycles. The molecule has 0 amide bonds. The van der Waals surface area contributed by atoms with Crippen LogP contribution in [0.3, 0.4) is 0 Å². The third kappa shape index (κ3) is 4.06. The first kappa shape index (κ1) is 15.7. The van der Waals surface area contributed by atoms with E-state index < -0.39 is 0 Å². The molecule has 0 bridgehead atoms. The molecule has 0 fully saturated rings. The van der Waals surface area contributed by atoms with Crippen molar-refractivity contribution in [1.29, 1.82) is 0 Å². The lowest BCUT2D eigenvalue weighted by atomic mass is 10.0. The summed E-state index contributed by atoms with van der Waals surface area (Å²) < 4.78 is 14.2. The lowest BCUT2D eigenvalue weighted by Crippen LogP contribution is -2.29. The molecule has 1 aromatic rings. The van der Waals surface area contributed by atoms with Crippen LogP contribution in [0.15, 0.2) is 30.4 Å². The number of benzene rings is 1.